The Hall–Kier alpha value is -1.80. The normalized spacial score (nSPS) is 14.0. The fourth-order valence-electron chi connectivity index (χ4n) is 3.52. The van der Waals surface area contributed by atoms with Crippen LogP contribution in [0.15, 0.2) is 42.5 Å². The van der Waals surface area contributed by atoms with Crippen molar-refractivity contribution in [3.8, 4) is 11.1 Å². The molecule has 0 fully saturated rings. The van der Waals surface area contributed by atoms with Gasteiger partial charge in [0.2, 0.25) is 0 Å². The Morgan fingerprint density at radius 3 is 2.09 bits per heavy atom. The van der Waals surface area contributed by atoms with E-state index in [1.165, 1.54) is 40.8 Å². The molecule has 0 radical (unpaired) electrons. The van der Waals surface area contributed by atoms with Gasteiger partial charge in [-0.1, -0.05) is 38.1 Å². The molecule has 2 aromatic rings. The number of nitrogens with zero attached hydrogens (tertiary/aromatic N) is 2. The number of benzene rings is 2. The second kappa shape index (κ2) is 7.18. The number of hydrogen-bond donors (Lipinski definition) is 0. The van der Waals surface area contributed by atoms with Gasteiger partial charge in [-0.05, 0) is 60.3 Å². The molecular weight excluding hydrogens is 280 g/mol. The summed E-state index contributed by atoms with van der Waals surface area (Å²) in [7, 11) is 2.19. The van der Waals surface area contributed by atoms with E-state index in [9.17, 15) is 0 Å². The van der Waals surface area contributed by atoms with Crippen LogP contribution in [0.3, 0.4) is 0 Å². The van der Waals surface area contributed by atoms with Crippen molar-refractivity contribution >= 4 is 5.69 Å². The van der Waals surface area contributed by atoms with E-state index >= 15 is 0 Å². The third-order valence-electron chi connectivity index (χ3n) is 4.64. The summed E-state index contributed by atoms with van der Waals surface area (Å²) in [5, 5.41) is 0. The third kappa shape index (κ3) is 3.59. The minimum atomic E-state index is 1.07. The van der Waals surface area contributed by atoms with Crippen molar-refractivity contribution in [1.29, 1.82) is 0 Å². The van der Waals surface area contributed by atoms with Gasteiger partial charge >= 0.3 is 0 Å². The van der Waals surface area contributed by atoms with Crippen molar-refractivity contribution in [1.82, 2.24) is 4.90 Å². The second-order valence-electron chi connectivity index (χ2n) is 6.69. The van der Waals surface area contributed by atoms with Gasteiger partial charge in [0.05, 0.1) is 0 Å². The van der Waals surface area contributed by atoms with Crippen LogP contribution in [0.25, 0.3) is 11.1 Å². The maximum atomic E-state index is 2.49. The molecule has 2 nitrogen and oxygen atoms in total. The van der Waals surface area contributed by atoms with Crippen LogP contribution in [0, 0.1) is 0 Å². The fraction of sp³-hybridized carbons (Fsp3) is 0.429. The van der Waals surface area contributed by atoms with E-state index in [-0.39, 0.29) is 0 Å². The van der Waals surface area contributed by atoms with Crippen molar-refractivity contribution < 1.29 is 0 Å². The van der Waals surface area contributed by atoms with Gasteiger partial charge in [0.25, 0.3) is 0 Å². The van der Waals surface area contributed by atoms with E-state index in [0.29, 0.717) is 0 Å². The average Bonchev–Trinajstić information content (AvgIpc) is 2.94. The number of hydrogen-bond acceptors (Lipinski definition) is 2. The summed E-state index contributed by atoms with van der Waals surface area (Å²) >= 11 is 0. The van der Waals surface area contributed by atoms with Crippen LogP contribution in [0.5, 0.6) is 0 Å². The summed E-state index contributed by atoms with van der Waals surface area (Å²) in [5.74, 6) is 0. The first-order valence-electron chi connectivity index (χ1n) is 8.87. The minimum absolute atomic E-state index is 1.07. The molecule has 1 aliphatic heterocycles. The summed E-state index contributed by atoms with van der Waals surface area (Å²) in [4.78, 5) is 4.85. The van der Waals surface area contributed by atoms with Crippen LogP contribution in [-0.4, -0.2) is 25.0 Å². The lowest BCUT2D eigenvalue weighted by molar-refractivity contribution is 0.353. The average molecular weight is 308 g/mol. The molecule has 1 aliphatic rings. The van der Waals surface area contributed by atoms with Gasteiger partial charge < -0.3 is 4.90 Å². The molecule has 0 atom stereocenters. The smallest absolute Gasteiger partial charge is 0.0366 e. The van der Waals surface area contributed by atoms with Gasteiger partial charge in [-0.25, -0.2) is 0 Å². The first-order chi connectivity index (χ1) is 11.2. The molecule has 0 N–H and O–H groups in total. The van der Waals surface area contributed by atoms with Crippen molar-refractivity contribution in [2.75, 3.05) is 25.0 Å². The fourth-order valence-corrected chi connectivity index (χ4v) is 3.52. The van der Waals surface area contributed by atoms with Crippen molar-refractivity contribution in [2.45, 2.75) is 39.8 Å². The van der Waals surface area contributed by atoms with E-state index in [0.717, 1.165) is 26.2 Å². The molecule has 0 aliphatic carbocycles. The minimum Gasteiger partial charge on any atom is -0.372 e. The molecule has 0 spiro atoms. The zero-order chi connectivity index (χ0) is 16.2. The van der Waals surface area contributed by atoms with Gasteiger partial charge in [0.15, 0.2) is 0 Å². The highest BCUT2D eigenvalue weighted by Crippen LogP contribution is 2.29. The molecule has 122 valence electrons. The van der Waals surface area contributed by atoms with E-state index in [1.807, 2.05) is 0 Å². The Morgan fingerprint density at radius 2 is 1.43 bits per heavy atom. The Balaban J connectivity index is 1.81. The molecule has 0 amide bonds. The lowest BCUT2D eigenvalue weighted by Crippen LogP contribution is -2.24. The first kappa shape index (κ1) is 16.1. The molecule has 1 heterocycles. The van der Waals surface area contributed by atoms with Gasteiger partial charge in [-0.3, -0.25) is 4.90 Å². The number of rotatable bonds is 6. The zero-order valence-electron chi connectivity index (χ0n) is 14.7. The maximum Gasteiger partial charge on any atom is 0.0366 e. The Bertz CT molecular complexity index is 639. The molecule has 0 saturated heterocycles. The van der Waals surface area contributed by atoms with Crippen molar-refractivity contribution in [3.63, 3.8) is 0 Å². The van der Waals surface area contributed by atoms with Crippen LogP contribution in [0.1, 0.15) is 37.8 Å². The monoisotopic (exact) mass is 308 g/mol. The van der Waals surface area contributed by atoms with Gasteiger partial charge in [0, 0.05) is 31.9 Å². The Morgan fingerprint density at radius 1 is 0.826 bits per heavy atom. The predicted molar refractivity (Wildman–Crippen MR) is 99.8 cm³/mol. The summed E-state index contributed by atoms with van der Waals surface area (Å²) in [6.07, 6.45) is 2.39. The topological polar surface area (TPSA) is 6.48 Å². The molecule has 3 rings (SSSR count). The van der Waals surface area contributed by atoms with Gasteiger partial charge in [-0.15, -0.1) is 0 Å². The Labute approximate surface area is 140 Å². The van der Waals surface area contributed by atoms with Gasteiger partial charge in [0.1, 0.15) is 0 Å². The number of anilines is 1. The van der Waals surface area contributed by atoms with E-state index in [2.05, 4.69) is 73.2 Å². The van der Waals surface area contributed by atoms with Crippen molar-refractivity contribution in [3.05, 3.63) is 53.6 Å². The molecule has 0 bridgehead atoms. The highest BCUT2D eigenvalue weighted by molar-refractivity contribution is 5.67. The SMILES string of the molecule is CCCN(CCC)c1ccc(-c2ccc3c(c2)CN(C)C3)cc1. The molecule has 23 heavy (non-hydrogen) atoms. The Kier molecular flexibility index (Phi) is 5.02. The standard InChI is InChI=1S/C21H28N2/c1-4-12-23(13-5-2)21-10-8-17(9-11-21)18-6-7-19-15-22(3)16-20(19)14-18/h6-11,14H,4-5,12-13,15-16H2,1-3H3. The molecule has 2 aromatic carbocycles. The number of fused-ring (bicyclic) bond motifs is 1. The van der Waals surface area contributed by atoms with Crippen LogP contribution >= 0.6 is 0 Å². The van der Waals surface area contributed by atoms with Crippen molar-refractivity contribution in [2.24, 2.45) is 0 Å². The first-order valence-corrected chi connectivity index (χ1v) is 8.87. The third-order valence-corrected chi connectivity index (χ3v) is 4.64. The highest BCUT2D eigenvalue weighted by atomic mass is 15.1. The predicted octanol–water partition coefficient (Wildman–Crippen LogP) is 4.93. The second-order valence-corrected chi connectivity index (χ2v) is 6.69. The summed E-state index contributed by atoms with van der Waals surface area (Å²) < 4.78 is 0. The summed E-state index contributed by atoms with van der Waals surface area (Å²) in [5.41, 5.74) is 6.96. The lowest BCUT2D eigenvalue weighted by Gasteiger charge is -2.24. The van der Waals surface area contributed by atoms with Crippen LogP contribution < -0.4 is 4.90 Å². The molecule has 0 unspecified atom stereocenters. The van der Waals surface area contributed by atoms with Crippen LogP contribution in [0.2, 0.25) is 0 Å². The zero-order valence-corrected chi connectivity index (χ0v) is 14.7. The summed E-state index contributed by atoms with van der Waals surface area (Å²) in [6, 6.07) is 16.0. The molecule has 2 heteroatoms. The summed E-state index contributed by atoms with van der Waals surface area (Å²) in [6.45, 7) is 8.92. The highest BCUT2D eigenvalue weighted by Gasteiger charge is 2.15. The molecular formula is C21H28N2. The molecule has 0 aromatic heterocycles. The molecule has 0 saturated carbocycles. The van der Waals surface area contributed by atoms with E-state index in [1.54, 1.807) is 0 Å². The van der Waals surface area contributed by atoms with Gasteiger partial charge in [-0.2, -0.15) is 0 Å². The maximum absolute atomic E-state index is 2.49. The van der Waals surface area contributed by atoms with E-state index in [4.69, 9.17) is 0 Å². The van der Waals surface area contributed by atoms with Crippen LogP contribution in [-0.2, 0) is 13.1 Å². The van der Waals surface area contributed by atoms with Crippen LogP contribution in [0.4, 0.5) is 5.69 Å². The largest absolute Gasteiger partial charge is 0.372 e. The lowest BCUT2D eigenvalue weighted by atomic mass is 10.0. The van der Waals surface area contributed by atoms with E-state index < -0.39 is 0 Å². The quantitative estimate of drug-likeness (QED) is 0.747.